The molecule has 0 radical (unpaired) electrons. The van der Waals surface area contributed by atoms with Crippen molar-refractivity contribution in [3.05, 3.63) is 47.1 Å². The first kappa shape index (κ1) is 17.6. The van der Waals surface area contributed by atoms with Gasteiger partial charge < -0.3 is 9.84 Å². The molecular weight excluding hydrogens is 316 g/mol. The number of carbonyl (C=O) groups excluding carboxylic acids is 1. The van der Waals surface area contributed by atoms with Crippen molar-refractivity contribution >= 4 is 5.91 Å². The highest BCUT2D eigenvalue weighted by Gasteiger charge is 2.22. The van der Waals surface area contributed by atoms with Crippen molar-refractivity contribution in [1.29, 1.82) is 0 Å². The van der Waals surface area contributed by atoms with Crippen LogP contribution in [0.3, 0.4) is 0 Å². The van der Waals surface area contributed by atoms with Crippen LogP contribution in [0.15, 0.2) is 28.8 Å². The minimum Gasteiger partial charge on any atom is -0.352 e. The minimum absolute atomic E-state index is 0.102. The molecule has 1 aromatic heterocycles. The normalized spacial score (nSPS) is 18.2. The zero-order valence-corrected chi connectivity index (χ0v) is 15.0. The topological polar surface area (TPSA) is 71.3 Å². The fourth-order valence-electron chi connectivity index (χ4n) is 3.50. The van der Waals surface area contributed by atoms with Gasteiger partial charge in [-0.2, -0.15) is 4.98 Å². The molecule has 1 aromatic carbocycles. The predicted octanol–water partition coefficient (Wildman–Crippen LogP) is 2.58. The van der Waals surface area contributed by atoms with E-state index in [0.717, 1.165) is 19.5 Å². The zero-order valence-electron chi connectivity index (χ0n) is 15.0. The summed E-state index contributed by atoms with van der Waals surface area (Å²) in [4.78, 5) is 18.0. The Morgan fingerprint density at radius 1 is 1.40 bits per heavy atom. The number of piperidine rings is 1. The van der Waals surface area contributed by atoms with Crippen LogP contribution in [0.5, 0.6) is 0 Å². The van der Waals surface area contributed by atoms with E-state index >= 15 is 0 Å². The molecule has 0 bridgehead atoms. The molecule has 0 aliphatic carbocycles. The van der Waals surface area contributed by atoms with E-state index in [4.69, 9.17) is 4.52 Å². The number of carbonyl (C=O) groups is 1. The van der Waals surface area contributed by atoms with Crippen molar-refractivity contribution in [2.24, 2.45) is 5.92 Å². The number of likely N-dealkylation sites (tertiary alicyclic amines) is 1. The molecule has 6 heteroatoms. The van der Waals surface area contributed by atoms with Gasteiger partial charge in [-0.3, -0.25) is 9.69 Å². The van der Waals surface area contributed by atoms with Crippen LogP contribution in [0.2, 0.25) is 0 Å². The number of hydrogen-bond donors (Lipinski definition) is 1. The number of rotatable bonds is 6. The van der Waals surface area contributed by atoms with Crippen LogP contribution in [0, 0.1) is 12.8 Å². The van der Waals surface area contributed by atoms with E-state index < -0.39 is 0 Å². The second-order valence-electron chi connectivity index (χ2n) is 6.80. The first-order valence-electron chi connectivity index (χ1n) is 8.97. The Hall–Kier alpha value is -2.21. The predicted molar refractivity (Wildman–Crippen MR) is 95.2 cm³/mol. The van der Waals surface area contributed by atoms with Crippen molar-refractivity contribution in [3.8, 4) is 0 Å². The molecule has 25 heavy (non-hydrogen) atoms. The number of aromatic nitrogens is 2. The first-order chi connectivity index (χ1) is 12.2. The molecule has 2 heterocycles. The maximum atomic E-state index is 11.5. The van der Waals surface area contributed by atoms with Crippen molar-refractivity contribution in [3.63, 3.8) is 0 Å². The van der Waals surface area contributed by atoms with Crippen LogP contribution in [-0.2, 0) is 13.0 Å². The monoisotopic (exact) mass is 342 g/mol. The number of nitrogens with zero attached hydrogens (tertiary/aromatic N) is 3. The van der Waals surface area contributed by atoms with E-state index in [0.29, 0.717) is 18.4 Å². The lowest BCUT2D eigenvalue weighted by molar-refractivity contribution is 0.0950. The smallest absolute Gasteiger partial charge is 0.292 e. The van der Waals surface area contributed by atoms with E-state index in [9.17, 15) is 4.79 Å². The van der Waals surface area contributed by atoms with Crippen LogP contribution >= 0.6 is 0 Å². The largest absolute Gasteiger partial charge is 0.352 e. The molecule has 2 aromatic rings. The second-order valence-corrected chi connectivity index (χ2v) is 6.80. The Bertz CT molecular complexity index is 713. The summed E-state index contributed by atoms with van der Waals surface area (Å²) in [5, 5.41) is 6.24. The molecule has 0 spiro atoms. The van der Waals surface area contributed by atoms with Gasteiger partial charge in [-0.15, -0.1) is 0 Å². The summed E-state index contributed by atoms with van der Waals surface area (Å²) in [6.07, 6.45) is 4.80. The van der Waals surface area contributed by atoms with Gasteiger partial charge in [-0.1, -0.05) is 29.4 Å². The number of aryl methyl sites for hydroxylation is 2. The third kappa shape index (κ3) is 4.66. The SMILES string of the molecule is CNC(=O)c1noc(CN2CCCC(CCc3ccccc3C)C2)n1. The molecular formula is C19H26N4O2. The van der Waals surface area contributed by atoms with Gasteiger partial charge in [-0.25, -0.2) is 0 Å². The molecule has 1 unspecified atom stereocenters. The van der Waals surface area contributed by atoms with Gasteiger partial charge in [0.1, 0.15) is 0 Å². The number of nitrogens with one attached hydrogen (secondary N) is 1. The van der Waals surface area contributed by atoms with E-state index in [1.54, 1.807) is 7.05 Å². The zero-order chi connectivity index (χ0) is 17.6. The van der Waals surface area contributed by atoms with Crippen LogP contribution in [0.4, 0.5) is 0 Å². The van der Waals surface area contributed by atoms with Gasteiger partial charge in [-0.05, 0) is 56.2 Å². The minimum atomic E-state index is -0.315. The van der Waals surface area contributed by atoms with Gasteiger partial charge in [0.05, 0.1) is 6.54 Å². The molecule has 1 amide bonds. The summed E-state index contributed by atoms with van der Waals surface area (Å²) < 4.78 is 5.21. The molecule has 1 saturated heterocycles. The molecule has 6 nitrogen and oxygen atoms in total. The maximum Gasteiger partial charge on any atom is 0.292 e. The van der Waals surface area contributed by atoms with E-state index in [1.807, 2.05) is 0 Å². The average molecular weight is 342 g/mol. The summed E-state index contributed by atoms with van der Waals surface area (Å²) in [7, 11) is 1.56. The number of amides is 1. The lowest BCUT2D eigenvalue weighted by Gasteiger charge is -2.31. The molecule has 134 valence electrons. The van der Waals surface area contributed by atoms with Crippen LogP contribution in [-0.4, -0.2) is 41.1 Å². The summed E-state index contributed by atoms with van der Waals surface area (Å²) in [6, 6.07) is 8.63. The second kappa shape index (κ2) is 8.25. The number of hydrogen-bond acceptors (Lipinski definition) is 5. The van der Waals surface area contributed by atoms with Crippen LogP contribution < -0.4 is 5.32 Å². The summed E-state index contributed by atoms with van der Waals surface area (Å²) in [5.74, 6) is 0.989. The Kier molecular flexibility index (Phi) is 5.81. The van der Waals surface area contributed by atoms with E-state index in [2.05, 4.69) is 51.5 Å². The molecule has 1 N–H and O–H groups in total. The molecule has 3 rings (SSSR count). The Balaban J connectivity index is 1.52. The Labute approximate surface area is 148 Å². The molecule has 1 aliphatic heterocycles. The van der Waals surface area contributed by atoms with Crippen molar-refractivity contribution in [1.82, 2.24) is 20.4 Å². The standard InChI is InChI=1S/C19H26N4O2/c1-14-6-3-4-8-16(14)10-9-15-7-5-11-23(12-15)13-17-21-18(22-25-17)19(24)20-2/h3-4,6,8,15H,5,7,9-13H2,1-2H3,(H,20,24). The van der Waals surface area contributed by atoms with Crippen LogP contribution in [0.25, 0.3) is 0 Å². The number of benzene rings is 1. The molecule has 0 saturated carbocycles. The highest BCUT2D eigenvalue weighted by Crippen LogP contribution is 2.23. The van der Waals surface area contributed by atoms with Crippen LogP contribution in [0.1, 0.15) is 46.9 Å². The Morgan fingerprint density at radius 3 is 3.04 bits per heavy atom. The summed E-state index contributed by atoms with van der Waals surface area (Å²) in [5.41, 5.74) is 2.83. The molecule has 1 fully saturated rings. The van der Waals surface area contributed by atoms with E-state index in [-0.39, 0.29) is 11.7 Å². The maximum absolute atomic E-state index is 11.5. The quantitative estimate of drug-likeness (QED) is 0.874. The van der Waals surface area contributed by atoms with Crippen molar-refractivity contribution in [2.75, 3.05) is 20.1 Å². The third-order valence-corrected chi connectivity index (χ3v) is 4.94. The highest BCUT2D eigenvalue weighted by atomic mass is 16.5. The third-order valence-electron chi connectivity index (χ3n) is 4.94. The van der Waals surface area contributed by atoms with Crippen molar-refractivity contribution < 1.29 is 9.32 Å². The van der Waals surface area contributed by atoms with Crippen molar-refractivity contribution in [2.45, 2.75) is 39.2 Å². The lowest BCUT2D eigenvalue weighted by Crippen LogP contribution is -2.35. The van der Waals surface area contributed by atoms with Gasteiger partial charge in [0.15, 0.2) is 0 Å². The fraction of sp³-hybridized carbons (Fsp3) is 0.526. The van der Waals surface area contributed by atoms with Gasteiger partial charge >= 0.3 is 0 Å². The Morgan fingerprint density at radius 2 is 2.24 bits per heavy atom. The molecule has 1 aliphatic rings. The summed E-state index contributed by atoms with van der Waals surface area (Å²) >= 11 is 0. The van der Waals surface area contributed by atoms with Gasteiger partial charge in [0, 0.05) is 13.6 Å². The highest BCUT2D eigenvalue weighted by molar-refractivity contribution is 5.89. The van der Waals surface area contributed by atoms with Gasteiger partial charge in [0.2, 0.25) is 5.89 Å². The van der Waals surface area contributed by atoms with Gasteiger partial charge in [0.25, 0.3) is 11.7 Å². The lowest BCUT2D eigenvalue weighted by atomic mass is 9.90. The molecule has 1 atom stereocenters. The van der Waals surface area contributed by atoms with E-state index in [1.165, 1.54) is 30.4 Å². The fourth-order valence-corrected chi connectivity index (χ4v) is 3.50. The average Bonchev–Trinajstić information content (AvgIpc) is 3.09. The summed E-state index contributed by atoms with van der Waals surface area (Å²) in [6.45, 7) is 4.88. The first-order valence-corrected chi connectivity index (χ1v) is 8.97.